The van der Waals surface area contributed by atoms with Crippen LogP contribution in [-0.2, 0) is 38.4 Å². The Bertz CT molecular complexity index is 3530. The van der Waals surface area contributed by atoms with Crippen molar-refractivity contribution in [1.82, 2.24) is 5.32 Å². The minimum absolute atomic E-state index is 0.00325. The maximum Gasteiger partial charge on any atom is 0.269 e. The Morgan fingerprint density at radius 3 is 1.45 bits per heavy atom. The highest BCUT2D eigenvalue weighted by Crippen LogP contribution is 2.27. The van der Waals surface area contributed by atoms with E-state index in [1.807, 2.05) is 67.6 Å². The number of carbonyl (C=O) groups excluding carboxylic acids is 7. The molecule has 0 atom stereocenters. The summed E-state index contributed by atoms with van der Waals surface area (Å²) in [4.78, 5) is 103. The van der Waals surface area contributed by atoms with Gasteiger partial charge in [-0.1, -0.05) is 127 Å². The number of anilines is 4. The van der Waals surface area contributed by atoms with E-state index in [2.05, 4.69) is 26.6 Å². The highest BCUT2D eigenvalue weighted by molar-refractivity contribution is 6.16. The third-order valence-electron chi connectivity index (χ3n) is 12.1. The molecule has 0 aliphatic rings. The monoisotopic (exact) mass is 1020 g/mol. The van der Waals surface area contributed by atoms with Gasteiger partial charge in [-0.05, 0) is 108 Å². The molecule has 15 heteroatoms. The van der Waals surface area contributed by atoms with Crippen LogP contribution in [0.4, 0.5) is 28.4 Å². The maximum atomic E-state index is 13.7. The van der Waals surface area contributed by atoms with Gasteiger partial charge in [0.05, 0.1) is 35.7 Å². The topological polar surface area (TPSA) is 223 Å². The Morgan fingerprint density at radius 1 is 0.481 bits per heavy atom. The number of aryl methyl sites for hydroxylation is 1. The van der Waals surface area contributed by atoms with Crippen molar-refractivity contribution >= 4 is 75.6 Å². The fourth-order valence-corrected chi connectivity index (χ4v) is 8.11. The largest absolute Gasteiger partial charge is 0.343 e. The fourth-order valence-electron chi connectivity index (χ4n) is 8.11. The molecule has 0 aliphatic heterocycles. The number of hydrogen-bond donors (Lipinski definition) is 5. The Balaban J connectivity index is 0.833. The van der Waals surface area contributed by atoms with E-state index in [0.29, 0.717) is 45.7 Å². The van der Waals surface area contributed by atoms with Gasteiger partial charge in [0.2, 0.25) is 23.6 Å². The molecule has 0 saturated heterocycles. The second kappa shape index (κ2) is 25.0. The predicted octanol–water partition coefficient (Wildman–Crippen LogP) is 10.3. The fraction of sp³-hybridized carbons (Fsp3) is 0.0806. The number of non-ortho nitro benzene ring substituents is 1. The number of nitro benzene ring substituents is 1. The summed E-state index contributed by atoms with van der Waals surface area (Å²) in [6.07, 6.45) is 3.40. The summed E-state index contributed by atoms with van der Waals surface area (Å²) in [5, 5.41) is 24.8. The van der Waals surface area contributed by atoms with Gasteiger partial charge in [-0.3, -0.25) is 43.7 Å². The van der Waals surface area contributed by atoms with Gasteiger partial charge in [0, 0.05) is 57.4 Å². The standard InChI is InChI=1S/C62H50N6O9/c1-40-12-14-44(15-13-40)35-57(70)66-55-32-28-50(38-53(55)61(74)47-10-6-3-7-11-47)65-59(72)39-63-62(75)48-25-20-43(21-26-48)34-42-16-18-45(19-17-42)36-58(71)67-54-31-27-49(37-52(54)60(73)46-8-4-2-5-9-46)64-56(69)33-24-41-22-29-51(30-23-41)68(76)77/h2-33,37-38H,34-36,39H2,1H3,(H,63,75)(H,64,69)(H,65,72)(H,66,70)(H,67,71)/b33-24+. The van der Waals surface area contributed by atoms with Crippen molar-refractivity contribution in [3.05, 3.63) is 272 Å². The molecule has 5 amide bonds. The summed E-state index contributed by atoms with van der Waals surface area (Å²) in [7, 11) is 0. The zero-order valence-corrected chi connectivity index (χ0v) is 41.6. The number of ketones is 2. The first-order valence-corrected chi connectivity index (χ1v) is 24.3. The summed E-state index contributed by atoms with van der Waals surface area (Å²) in [6.45, 7) is 1.61. The van der Waals surface area contributed by atoms with Crippen LogP contribution in [0.2, 0.25) is 0 Å². The van der Waals surface area contributed by atoms with Crippen molar-refractivity contribution in [3.63, 3.8) is 0 Å². The van der Waals surface area contributed by atoms with E-state index in [-0.39, 0.29) is 65.3 Å². The molecule has 0 bridgehead atoms. The van der Waals surface area contributed by atoms with Crippen molar-refractivity contribution in [2.24, 2.45) is 0 Å². The molecule has 0 spiro atoms. The van der Waals surface area contributed by atoms with E-state index in [0.717, 1.165) is 27.8 Å². The third-order valence-corrected chi connectivity index (χ3v) is 12.1. The predicted molar refractivity (Wildman–Crippen MR) is 296 cm³/mol. The normalized spacial score (nSPS) is 10.8. The smallest absolute Gasteiger partial charge is 0.269 e. The van der Waals surface area contributed by atoms with Gasteiger partial charge in [0.1, 0.15) is 0 Å². The number of amides is 5. The van der Waals surface area contributed by atoms with Gasteiger partial charge >= 0.3 is 0 Å². The van der Waals surface area contributed by atoms with Crippen LogP contribution in [0.3, 0.4) is 0 Å². The molecule has 0 radical (unpaired) electrons. The van der Waals surface area contributed by atoms with Crippen LogP contribution in [0.5, 0.6) is 0 Å². The summed E-state index contributed by atoms with van der Waals surface area (Å²) in [6, 6.07) is 54.1. The second-order valence-electron chi connectivity index (χ2n) is 17.9. The minimum atomic E-state index is -0.528. The van der Waals surface area contributed by atoms with E-state index in [4.69, 9.17) is 0 Å². The maximum absolute atomic E-state index is 13.7. The molecule has 0 fully saturated rings. The Morgan fingerprint density at radius 2 is 0.948 bits per heavy atom. The van der Waals surface area contributed by atoms with Crippen LogP contribution in [-0.4, -0.2) is 52.6 Å². The first kappa shape index (κ1) is 52.9. The SMILES string of the molecule is Cc1ccc(CC(=O)Nc2ccc(NC(=O)CNC(=O)c3ccc(Cc4ccc(CC(=O)Nc5ccc(NC(=O)/C=C/c6ccc([N+](=O)[O-])cc6)cc5C(=O)c5ccccc5)cc4)cc3)cc2C(=O)c2ccccc2)cc1. The first-order chi connectivity index (χ1) is 37.2. The lowest BCUT2D eigenvalue weighted by molar-refractivity contribution is -0.384. The average molecular weight is 1020 g/mol. The lowest BCUT2D eigenvalue weighted by atomic mass is 10.00. The van der Waals surface area contributed by atoms with Crippen LogP contribution >= 0.6 is 0 Å². The number of nitrogens with zero attached hydrogens (tertiary/aromatic N) is 1. The highest BCUT2D eigenvalue weighted by atomic mass is 16.6. The third kappa shape index (κ3) is 14.9. The molecule has 0 aliphatic carbocycles. The van der Waals surface area contributed by atoms with E-state index in [9.17, 15) is 43.7 Å². The zero-order chi connectivity index (χ0) is 54.3. The lowest BCUT2D eigenvalue weighted by Crippen LogP contribution is -2.32. The van der Waals surface area contributed by atoms with Crippen molar-refractivity contribution < 1.29 is 38.5 Å². The molecule has 0 saturated carbocycles. The van der Waals surface area contributed by atoms with Crippen LogP contribution in [0.15, 0.2) is 200 Å². The second-order valence-corrected chi connectivity index (χ2v) is 17.9. The van der Waals surface area contributed by atoms with E-state index < -0.39 is 22.6 Å². The van der Waals surface area contributed by atoms with Crippen LogP contribution < -0.4 is 26.6 Å². The Labute approximate surface area is 443 Å². The van der Waals surface area contributed by atoms with Crippen molar-refractivity contribution in [1.29, 1.82) is 0 Å². The number of nitrogens with one attached hydrogen (secondary N) is 5. The van der Waals surface area contributed by atoms with Gasteiger partial charge in [-0.2, -0.15) is 0 Å². The molecule has 5 N–H and O–H groups in total. The molecule has 0 unspecified atom stereocenters. The summed E-state index contributed by atoms with van der Waals surface area (Å²) < 4.78 is 0. The van der Waals surface area contributed by atoms with Gasteiger partial charge < -0.3 is 26.6 Å². The van der Waals surface area contributed by atoms with E-state index in [1.54, 1.807) is 97.1 Å². The Kier molecular flexibility index (Phi) is 17.2. The van der Waals surface area contributed by atoms with Crippen LogP contribution in [0, 0.1) is 17.0 Å². The molecule has 8 rings (SSSR count). The highest BCUT2D eigenvalue weighted by Gasteiger charge is 2.20. The van der Waals surface area contributed by atoms with E-state index >= 15 is 0 Å². The molecule has 15 nitrogen and oxygen atoms in total. The van der Waals surface area contributed by atoms with Gasteiger partial charge in [-0.25, -0.2) is 0 Å². The summed E-state index contributed by atoms with van der Waals surface area (Å²) in [5.41, 5.74) is 7.60. The number of carbonyl (C=O) groups is 7. The van der Waals surface area contributed by atoms with Gasteiger partial charge in [0.15, 0.2) is 11.6 Å². The number of rotatable bonds is 20. The summed E-state index contributed by atoms with van der Waals surface area (Å²) in [5.74, 6) is -2.90. The molecule has 77 heavy (non-hydrogen) atoms. The molecule has 382 valence electrons. The van der Waals surface area contributed by atoms with Crippen molar-refractivity contribution in [2.45, 2.75) is 26.2 Å². The molecule has 0 aromatic heterocycles. The van der Waals surface area contributed by atoms with Crippen molar-refractivity contribution in [2.75, 3.05) is 27.8 Å². The van der Waals surface area contributed by atoms with Crippen LogP contribution in [0.1, 0.15) is 75.6 Å². The first-order valence-electron chi connectivity index (χ1n) is 24.3. The van der Waals surface area contributed by atoms with Crippen LogP contribution in [0.25, 0.3) is 6.08 Å². The van der Waals surface area contributed by atoms with Gasteiger partial charge in [-0.15, -0.1) is 0 Å². The minimum Gasteiger partial charge on any atom is -0.343 e. The summed E-state index contributed by atoms with van der Waals surface area (Å²) >= 11 is 0. The number of benzene rings is 8. The molecular formula is C62H50N6O9. The average Bonchev–Trinajstić information content (AvgIpc) is 3.44. The molecule has 8 aromatic rings. The zero-order valence-electron chi connectivity index (χ0n) is 41.6. The number of nitro groups is 1. The molecule has 8 aromatic carbocycles. The molecular weight excluding hydrogens is 973 g/mol. The lowest BCUT2D eigenvalue weighted by Gasteiger charge is -2.14. The van der Waals surface area contributed by atoms with Crippen molar-refractivity contribution in [3.8, 4) is 0 Å². The van der Waals surface area contributed by atoms with E-state index in [1.165, 1.54) is 48.6 Å². The van der Waals surface area contributed by atoms with Gasteiger partial charge in [0.25, 0.3) is 11.6 Å². The number of hydrogen-bond acceptors (Lipinski definition) is 9. The Hall–Kier alpha value is -10.4. The quantitative estimate of drug-likeness (QED) is 0.0212. The molecule has 0 heterocycles.